The molecule has 2 aromatic rings. The average molecular weight is 362 g/mol. The molecule has 0 bridgehead atoms. The van der Waals surface area contributed by atoms with Crippen LogP contribution >= 0.6 is 11.6 Å². The number of rotatable bonds is 3. The summed E-state index contributed by atoms with van der Waals surface area (Å²) in [5.41, 5.74) is 1.97. The van der Waals surface area contributed by atoms with E-state index >= 15 is 0 Å². The molecule has 0 aliphatic carbocycles. The van der Waals surface area contributed by atoms with Crippen molar-refractivity contribution in [3.8, 4) is 0 Å². The number of benzene rings is 2. The molecule has 132 valence electrons. The molecule has 6 heteroatoms. The number of halogens is 2. The van der Waals surface area contributed by atoms with Gasteiger partial charge in [0.05, 0.1) is 6.04 Å². The number of urea groups is 1. The van der Waals surface area contributed by atoms with Gasteiger partial charge in [-0.05, 0) is 42.4 Å². The smallest absolute Gasteiger partial charge is 0.317 e. The lowest BCUT2D eigenvalue weighted by Crippen LogP contribution is -2.51. The number of piperazine rings is 1. The van der Waals surface area contributed by atoms with Crippen LogP contribution in [0.3, 0.4) is 0 Å². The van der Waals surface area contributed by atoms with Crippen molar-refractivity contribution in [1.29, 1.82) is 0 Å². The molecule has 0 spiro atoms. The predicted molar refractivity (Wildman–Crippen MR) is 97.0 cm³/mol. The first-order valence-corrected chi connectivity index (χ1v) is 8.63. The molecule has 25 heavy (non-hydrogen) atoms. The van der Waals surface area contributed by atoms with Crippen molar-refractivity contribution in [3.05, 3.63) is 70.5 Å². The van der Waals surface area contributed by atoms with Crippen LogP contribution in [0.25, 0.3) is 0 Å². The van der Waals surface area contributed by atoms with Crippen LogP contribution in [-0.2, 0) is 6.54 Å². The Morgan fingerprint density at radius 2 is 2.00 bits per heavy atom. The molecule has 0 radical (unpaired) electrons. The van der Waals surface area contributed by atoms with Crippen LogP contribution in [0, 0.1) is 5.82 Å². The zero-order chi connectivity index (χ0) is 17.8. The minimum Gasteiger partial charge on any atom is -0.334 e. The van der Waals surface area contributed by atoms with E-state index in [0.717, 1.165) is 17.7 Å². The predicted octanol–water partition coefficient (Wildman–Crippen LogP) is 3.68. The topological polar surface area (TPSA) is 35.6 Å². The van der Waals surface area contributed by atoms with E-state index < -0.39 is 0 Å². The second-order valence-corrected chi connectivity index (χ2v) is 6.72. The maximum Gasteiger partial charge on any atom is 0.317 e. The molecule has 2 aromatic carbocycles. The van der Waals surface area contributed by atoms with Crippen molar-refractivity contribution in [1.82, 2.24) is 15.1 Å². The zero-order valence-corrected chi connectivity index (χ0v) is 14.8. The average Bonchev–Trinajstić information content (AvgIpc) is 2.61. The van der Waals surface area contributed by atoms with Gasteiger partial charge in [0.25, 0.3) is 0 Å². The van der Waals surface area contributed by atoms with Crippen molar-refractivity contribution < 1.29 is 9.18 Å². The summed E-state index contributed by atoms with van der Waals surface area (Å²) in [6.07, 6.45) is 0. The number of carbonyl (C=O) groups is 1. The standard InChI is InChI=1S/C19H21ClFN3O/c1-23-9-10-24(13-18(23)15-5-7-17(21)8-6-15)19(25)22-12-14-3-2-4-16(20)11-14/h2-8,11,18H,9-10,12-13H2,1H3,(H,22,25). The Balaban J connectivity index is 1.62. The molecular formula is C19H21ClFN3O. The van der Waals surface area contributed by atoms with Gasteiger partial charge in [-0.25, -0.2) is 9.18 Å². The Bertz CT molecular complexity index is 738. The van der Waals surface area contributed by atoms with Gasteiger partial charge >= 0.3 is 6.03 Å². The lowest BCUT2D eigenvalue weighted by atomic mass is 10.0. The molecule has 1 atom stereocenters. The van der Waals surface area contributed by atoms with Gasteiger partial charge in [0.15, 0.2) is 0 Å². The Morgan fingerprint density at radius 3 is 2.72 bits per heavy atom. The van der Waals surface area contributed by atoms with Crippen molar-refractivity contribution in [2.24, 2.45) is 0 Å². The summed E-state index contributed by atoms with van der Waals surface area (Å²) in [5.74, 6) is -0.252. The van der Waals surface area contributed by atoms with E-state index in [4.69, 9.17) is 11.6 Å². The van der Waals surface area contributed by atoms with Gasteiger partial charge in [0.1, 0.15) is 5.82 Å². The van der Waals surface area contributed by atoms with Crippen LogP contribution in [0.4, 0.5) is 9.18 Å². The number of hydrogen-bond donors (Lipinski definition) is 1. The van der Waals surface area contributed by atoms with E-state index in [1.807, 2.05) is 25.2 Å². The highest BCUT2D eigenvalue weighted by atomic mass is 35.5. The molecule has 1 heterocycles. The highest BCUT2D eigenvalue weighted by Crippen LogP contribution is 2.24. The zero-order valence-electron chi connectivity index (χ0n) is 14.1. The van der Waals surface area contributed by atoms with E-state index in [2.05, 4.69) is 10.2 Å². The molecule has 3 rings (SSSR count). The van der Waals surface area contributed by atoms with E-state index in [9.17, 15) is 9.18 Å². The second-order valence-electron chi connectivity index (χ2n) is 6.28. The van der Waals surface area contributed by atoms with Crippen LogP contribution in [0.1, 0.15) is 17.2 Å². The first kappa shape index (κ1) is 17.7. The van der Waals surface area contributed by atoms with Crippen LogP contribution in [0.2, 0.25) is 5.02 Å². The molecule has 2 amide bonds. The number of carbonyl (C=O) groups excluding carboxylic acids is 1. The van der Waals surface area contributed by atoms with Gasteiger partial charge in [-0.2, -0.15) is 0 Å². The fraction of sp³-hybridized carbons (Fsp3) is 0.316. The third-order valence-corrected chi connectivity index (χ3v) is 4.76. The van der Waals surface area contributed by atoms with Crippen LogP contribution in [0.15, 0.2) is 48.5 Å². The van der Waals surface area contributed by atoms with Gasteiger partial charge in [-0.15, -0.1) is 0 Å². The molecule has 1 N–H and O–H groups in total. The van der Waals surface area contributed by atoms with Crippen molar-refractivity contribution >= 4 is 17.6 Å². The van der Waals surface area contributed by atoms with E-state index in [1.54, 1.807) is 23.1 Å². The van der Waals surface area contributed by atoms with Crippen LogP contribution in [0.5, 0.6) is 0 Å². The maximum atomic E-state index is 13.1. The van der Waals surface area contributed by atoms with Gasteiger partial charge in [0, 0.05) is 31.2 Å². The molecule has 1 aliphatic heterocycles. The minimum absolute atomic E-state index is 0.0614. The van der Waals surface area contributed by atoms with Crippen molar-refractivity contribution in [2.75, 3.05) is 26.7 Å². The Labute approximate surface area is 152 Å². The summed E-state index contributed by atoms with van der Waals surface area (Å²) in [6, 6.07) is 13.9. The molecule has 0 saturated carbocycles. The van der Waals surface area contributed by atoms with Gasteiger partial charge in [-0.3, -0.25) is 4.90 Å². The van der Waals surface area contributed by atoms with Gasteiger partial charge < -0.3 is 10.2 Å². The SMILES string of the molecule is CN1CCN(C(=O)NCc2cccc(Cl)c2)CC1c1ccc(F)cc1. The lowest BCUT2D eigenvalue weighted by molar-refractivity contribution is 0.110. The number of amides is 2. The third-order valence-electron chi connectivity index (χ3n) is 4.52. The second kappa shape index (κ2) is 7.85. The fourth-order valence-corrected chi connectivity index (χ4v) is 3.25. The summed E-state index contributed by atoms with van der Waals surface area (Å²) in [6.45, 7) is 2.44. The molecule has 4 nitrogen and oxygen atoms in total. The summed E-state index contributed by atoms with van der Waals surface area (Å²) in [5, 5.41) is 3.60. The normalized spacial score (nSPS) is 18.2. The third kappa shape index (κ3) is 4.50. The molecule has 0 aromatic heterocycles. The molecular weight excluding hydrogens is 341 g/mol. The monoisotopic (exact) mass is 361 g/mol. The van der Waals surface area contributed by atoms with Crippen LogP contribution in [-0.4, -0.2) is 42.5 Å². The first-order chi connectivity index (χ1) is 12.0. The van der Waals surface area contributed by atoms with Crippen LogP contribution < -0.4 is 5.32 Å². The summed E-state index contributed by atoms with van der Waals surface area (Å²) < 4.78 is 13.1. The quantitative estimate of drug-likeness (QED) is 0.905. The van der Waals surface area contributed by atoms with E-state index in [0.29, 0.717) is 24.7 Å². The Hall–Kier alpha value is -2.11. The molecule has 1 unspecified atom stereocenters. The Morgan fingerprint density at radius 1 is 1.24 bits per heavy atom. The summed E-state index contributed by atoms with van der Waals surface area (Å²) in [4.78, 5) is 16.5. The first-order valence-electron chi connectivity index (χ1n) is 8.26. The Kier molecular flexibility index (Phi) is 5.56. The number of likely N-dealkylation sites (N-methyl/N-ethyl adjacent to an activating group) is 1. The minimum atomic E-state index is -0.252. The van der Waals surface area contributed by atoms with Gasteiger partial charge in [-0.1, -0.05) is 35.9 Å². The number of hydrogen-bond acceptors (Lipinski definition) is 2. The van der Waals surface area contributed by atoms with Crippen molar-refractivity contribution in [2.45, 2.75) is 12.6 Å². The number of nitrogens with zero attached hydrogens (tertiary/aromatic N) is 2. The summed E-state index contributed by atoms with van der Waals surface area (Å²) in [7, 11) is 2.02. The fourth-order valence-electron chi connectivity index (χ4n) is 3.04. The largest absolute Gasteiger partial charge is 0.334 e. The summed E-state index contributed by atoms with van der Waals surface area (Å²) >= 11 is 5.97. The molecule has 1 fully saturated rings. The van der Waals surface area contributed by atoms with Gasteiger partial charge in [0.2, 0.25) is 0 Å². The van der Waals surface area contributed by atoms with E-state index in [-0.39, 0.29) is 17.9 Å². The molecule has 1 aliphatic rings. The highest BCUT2D eigenvalue weighted by Gasteiger charge is 2.28. The van der Waals surface area contributed by atoms with E-state index in [1.165, 1.54) is 12.1 Å². The molecule has 1 saturated heterocycles. The number of nitrogens with one attached hydrogen (secondary N) is 1. The lowest BCUT2D eigenvalue weighted by Gasteiger charge is -2.39. The highest BCUT2D eigenvalue weighted by molar-refractivity contribution is 6.30. The van der Waals surface area contributed by atoms with Crippen molar-refractivity contribution in [3.63, 3.8) is 0 Å². The maximum absolute atomic E-state index is 13.1.